The van der Waals surface area contributed by atoms with Gasteiger partial charge in [0, 0.05) is 11.6 Å². The van der Waals surface area contributed by atoms with E-state index in [4.69, 9.17) is 23.8 Å². The number of halogens is 1. The van der Waals surface area contributed by atoms with Crippen LogP contribution in [-0.4, -0.2) is 16.7 Å². The molecule has 2 rings (SSSR count). The molecule has 0 bridgehead atoms. The monoisotopic (exact) mass is 331 g/mol. The van der Waals surface area contributed by atoms with Crippen molar-refractivity contribution in [2.75, 3.05) is 11.2 Å². The zero-order chi connectivity index (χ0) is 15.6. The van der Waals surface area contributed by atoms with Gasteiger partial charge in [-0.2, -0.15) is 5.10 Å². The predicted octanol–water partition coefficient (Wildman–Crippen LogP) is 4.40. The third kappa shape index (κ3) is 5.47. The van der Waals surface area contributed by atoms with E-state index in [0.29, 0.717) is 11.0 Å². The maximum atomic E-state index is 5.79. The molecule has 0 atom stereocenters. The second-order valence-electron chi connectivity index (χ2n) is 4.65. The van der Waals surface area contributed by atoms with Crippen LogP contribution in [0.4, 0.5) is 5.69 Å². The van der Waals surface area contributed by atoms with Crippen LogP contribution in [0.5, 0.6) is 0 Å². The molecular weight excluding hydrogens is 314 g/mol. The summed E-state index contributed by atoms with van der Waals surface area (Å²) in [5, 5.41) is 7.99. The van der Waals surface area contributed by atoms with Crippen molar-refractivity contribution in [3.8, 4) is 0 Å². The van der Waals surface area contributed by atoms with Gasteiger partial charge < -0.3 is 5.32 Å². The molecule has 0 radical (unpaired) electrons. The number of alkyl halides is 1. The molecule has 0 heterocycles. The number of thiocarbonyl (C=S) groups is 1. The smallest absolute Gasteiger partial charge is 0.191 e. The van der Waals surface area contributed by atoms with Crippen LogP contribution >= 0.6 is 23.8 Å². The highest BCUT2D eigenvalue weighted by molar-refractivity contribution is 7.80. The zero-order valence-electron chi connectivity index (χ0n) is 12.1. The van der Waals surface area contributed by atoms with E-state index < -0.39 is 0 Å². The van der Waals surface area contributed by atoms with Crippen molar-refractivity contribution in [1.29, 1.82) is 0 Å². The van der Waals surface area contributed by atoms with E-state index in [1.165, 1.54) is 0 Å². The van der Waals surface area contributed by atoms with Gasteiger partial charge in [-0.05, 0) is 42.8 Å². The standard InChI is InChI=1S/C17H18ClN3S/c18-13-7-12-16(14-8-3-1-4-9-14)20-21-17(22)19-15-10-5-2-6-11-15/h1-6,8-11H,7,12-13H2,(H2,19,21,22)/b20-16-. The minimum atomic E-state index is 0.463. The lowest BCUT2D eigenvalue weighted by molar-refractivity contribution is 0.959. The number of benzene rings is 2. The maximum absolute atomic E-state index is 5.79. The van der Waals surface area contributed by atoms with E-state index in [0.717, 1.165) is 29.8 Å². The lowest BCUT2D eigenvalue weighted by Crippen LogP contribution is -2.25. The Labute approximate surface area is 141 Å². The van der Waals surface area contributed by atoms with Crippen molar-refractivity contribution < 1.29 is 0 Å². The molecule has 0 aromatic heterocycles. The summed E-state index contributed by atoms with van der Waals surface area (Å²) in [5.41, 5.74) is 5.85. The lowest BCUT2D eigenvalue weighted by atomic mass is 10.1. The summed E-state index contributed by atoms with van der Waals surface area (Å²) in [6, 6.07) is 19.8. The Morgan fingerprint density at radius 2 is 1.64 bits per heavy atom. The molecule has 2 aromatic carbocycles. The molecule has 0 aliphatic rings. The van der Waals surface area contributed by atoms with Gasteiger partial charge in [0.1, 0.15) is 0 Å². The minimum Gasteiger partial charge on any atom is -0.331 e. The van der Waals surface area contributed by atoms with Gasteiger partial charge in [0.05, 0.1) is 5.71 Å². The fourth-order valence-electron chi connectivity index (χ4n) is 1.93. The lowest BCUT2D eigenvalue weighted by Gasteiger charge is -2.10. The van der Waals surface area contributed by atoms with Crippen LogP contribution in [0, 0.1) is 0 Å². The SMILES string of the molecule is S=C(N/N=C(/CCCCl)c1ccccc1)Nc1ccccc1. The van der Waals surface area contributed by atoms with Gasteiger partial charge in [0.2, 0.25) is 0 Å². The summed E-state index contributed by atoms with van der Waals surface area (Å²) in [4.78, 5) is 0. The van der Waals surface area contributed by atoms with Crippen LogP contribution in [0.25, 0.3) is 0 Å². The summed E-state index contributed by atoms with van der Waals surface area (Å²) in [7, 11) is 0. The van der Waals surface area contributed by atoms with Crippen molar-refractivity contribution in [1.82, 2.24) is 5.43 Å². The maximum Gasteiger partial charge on any atom is 0.191 e. The van der Waals surface area contributed by atoms with Gasteiger partial charge in [-0.25, -0.2) is 0 Å². The molecular formula is C17H18ClN3S. The fourth-order valence-corrected chi connectivity index (χ4v) is 2.23. The number of anilines is 1. The Hall–Kier alpha value is -1.91. The third-order valence-electron chi connectivity index (χ3n) is 2.98. The van der Waals surface area contributed by atoms with Gasteiger partial charge in [-0.1, -0.05) is 48.5 Å². The van der Waals surface area contributed by atoms with Gasteiger partial charge in [0.25, 0.3) is 0 Å². The highest BCUT2D eigenvalue weighted by Gasteiger charge is 2.04. The number of rotatable bonds is 6. The van der Waals surface area contributed by atoms with Crippen LogP contribution in [-0.2, 0) is 0 Å². The number of nitrogens with one attached hydrogen (secondary N) is 2. The van der Waals surface area contributed by atoms with Crippen molar-refractivity contribution in [3.05, 3.63) is 66.2 Å². The van der Waals surface area contributed by atoms with Crippen LogP contribution in [0.15, 0.2) is 65.8 Å². The molecule has 0 aliphatic heterocycles. The molecule has 3 nitrogen and oxygen atoms in total. The van der Waals surface area contributed by atoms with E-state index in [-0.39, 0.29) is 0 Å². The Morgan fingerprint density at radius 1 is 1.00 bits per heavy atom. The molecule has 0 amide bonds. The minimum absolute atomic E-state index is 0.463. The Morgan fingerprint density at radius 3 is 2.27 bits per heavy atom. The molecule has 5 heteroatoms. The van der Waals surface area contributed by atoms with Gasteiger partial charge in [-0.15, -0.1) is 11.6 Å². The zero-order valence-corrected chi connectivity index (χ0v) is 13.7. The topological polar surface area (TPSA) is 36.4 Å². The van der Waals surface area contributed by atoms with Crippen molar-refractivity contribution in [2.24, 2.45) is 5.10 Å². The Balaban J connectivity index is 2.01. The van der Waals surface area contributed by atoms with Crippen molar-refractivity contribution in [3.63, 3.8) is 0 Å². The normalized spacial score (nSPS) is 11.0. The quantitative estimate of drug-likeness (QED) is 0.356. The van der Waals surface area contributed by atoms with Gasteiger partial charge >= 0.3 is 0 Å². The Bertz CT molecular complexity index is 614. The average Bonchev–Trinajstić information content (AvgIpc) is 2.57. The van der Waals surface area contributed by atoms with Crippen LogP contribution in [0.3, 0.4) is 0 Å². The average molecular weight is 332 g/mol. The molecule has 0 saturated heterocycles. The molecule has 0 unspecified atom stereocenters. The van der Waals surface area contributed by atoms with E-state index in [1.54, 1.807) is 0 Å². The summed E-state index contributed by atoms with van der Waals surface area (Å²) < 4.78 is 0. The molecule has 2 N–H and O–H groups in total. The molecule has 0 saturated carbocycles. The third-order valence-corrected chi connectivity index (χ3v) is 3.44. The molecule has 0 spiro atoms. The fraction of sp³-hybridized carbons (Fsp3) is 0.176. The van der Waals surface area contributed by atoms with Gasteiger partial charge in [-0.3, -0.25) is 5.43 Å². The highest BCUT2D eigenvalue weighted by atomic mass is 35.5. The molecule has 0 aliphatic carbocycles. The number of hydrazone groups is 1. The molecule has 0 fully saturated rings. The second-order valence-corrected chi connectivity index (χ2v) is 5.44. The second kappa shape index (κ2) is 9.18. The summed E-state index contributed by atoms with van der Waals surface area (Å²) >= 11 is 11.1. The number of hydrogen-bond acceptors (Lipinski definition) is 2. The number of para-hydroxylation sites is 1. The van der Waals surface area contributed by atoms with Gasteiger partial charge in [0.15, 0.2) is 5.11 Å². The van der Waals surface area contributed by atoms with Crippen molar-refractivity contribution >= 4 is 40.3 Å². The summed E-state index contributed by atoms with van der Waals surface area (Å²) in [6.07, 6.45) is 1.67. The van der Waals surface area contributed by atoms with Crippen LogP contribution in [0.2, 0.25) is 0 Å². The van der Waals surface area contributed by atoms with E-state index in [1.807, 2.05) is 60.7 Å². The first-order valence-corrected chi connectivity index (χ1v) is 8.04. The molecule has 114 valence electrons. The summed E-state index contributed by atoms with van der Waals surface area (Å²) in [6.45, 7) is 0. The van der Waals surface area contributed by atoms with Crippen LogP contribution in [0.1, 0.15) is 18.4 Å². The number of hydrogen-bond donors (Lipinski definition) is 2. The molecule has 2 aromatic rings. The van der Waals surface area contributed by atoms with Crippen LogP contribution < -0.4 is 10.7 Å². The molecule has 22 heavy (non-hydrogen) atoms. The largest absolute Gasteiger partial charge is 0.331 e. The summed E-state index contributed by atoms with van der Waals surface area (Å²) in [5.74, 6) is 0.610. The first kappa shape index (κ1) is 16.5. The first-order chi connectivity index (χ1) is 10.8. The first-order valence-electron chi connectivity index (χ1n) is 7.09. The van der Waals surface area contributed by atoms with E-state index in [2.05, 4.69) is 15.8 Å². The number of nitrogens with zero attached hydrogens (tertiary/aromatic N) is 1. The van der Waals surface area contributed by atoms with Crippen molar-refractivity contribution in [2.45, 2.75) is 12.8 Å². The predicted molar refractivity (Wildman–Crippen MR) is 98.7 cm³/mol. The Kier molecular flexibility index (Phi) is 6.87. The van der Waals surface area contributed by atoms with E-state index in [9.17, 15) is 0 Å². The van der Waals surface area contributed by atoms with E-state index >= 15 is 0 Å². The highest BCUT2D eigenvalue weighted by Crippen LogP contribution is 2.08.